The van der Waals surface area contributed by atoms with Gasteiger partial charge in [-0.2, -0.15) is 15.0 Å². The average Bonchev–Trinajstić information content (AvgIpc) is 3.43. The Kier molecular flexibility index (Phi) is 13.2. The lowest BCUT2D eigenvalue weighted by molar-refractivity contribution is -0.287. The van der Waals surface area contributed by atoms with Crippen LogP contribution >= 0.6 is 11.6 Å². The van der Waals surface area contributed by atoms with Gasteiger partial charge in [-0.15, -0.1) is 8.78 Å². The number of nitrogens with zero attached hydrogens (tertiary/aromatic N) is 6. The molecule has 4 atom stereocenters. The number of nitrogens with one attached hydrogen (secondary N) is 2. The third kappa shape index (κ3) is 10.8. The topological polar surface area (TPSA) is 190 Å². The minimum atomic E-state index is -3.92. The summed E-state index contributed by atoms with van der Waals surface area (Å²) in [6.45, 7) is 9.43. The number of para-hydroxylation sites is 1. The van der Waals surface area contributed by atoms with Crippen LogP contribution in [0.25, 0.3) is 0 Å². The Bertz CT molecular complexity index is 2370. The van der Waals surface area contributed by atoms with Crippen LogP contribution in [0.2, 0.25) is 5.02 Å². The minimum absolute atomic E-state index is 0.00642. The summed E-state index contributed by atoms with van der Waals surface area (Å²) in [5, 5.41) is 16.5. The molecular formula is C42H51ClF2N8O8S. The first-order chi connectivity index (χ1) is 29.4. The largest absolute Gasteiger partial charge is 0.586 e. The maximum Gasteiger partial charge on any atom is 0.586 e. The van der Waals surface area contributed by atoms with Gasteiger partial charge in [0, 0.05) is 50.8 Å². The first-order valence-electron chi connectivity index (χ1n) is 20.4. The number of carbonyl (C=O) groups excluding carboxylic acids is 1. The molecule has 4 heterocycles. The van der Waals surface area contributed by atoms with E-state index in [0.717, 1.165) is 31.9 Å². The fourth-order valence-electron chi connectivity index (χ4n) is 7.63. The molecule has 2 aromatic carbocycles. The van der Waals surface area contributed by atoms with E-state index < -0.39 is 33.9 Å². The SMILES string of the molecule is C[C@@H]1CC[C@@H](CO)CC[C@@H]1COc1nc(Nc2cc(S(C)(=O)=O)ccc2N[C@@H](c2cccc3c2OC(F)(F)O3)c2ncccc2Cl)nc(N2CCN(C(=O)OC(C)(C)C)CC2)n1. The first kappa shape index (κ1) is 44.8. The zero-order valence-corrected chi connectivity index (χ0v) is 36.7. The van der Waals surface area contributed by atoms with Crippen molar-refractivity contribution in [3.63, 3.8) is 0 Å². The van der Waals surface area contributed by atoms with Gasteiger partial charge >= 0.3 is 18.4 Å². The van der Waals surface area contributed by atoms with Crippen LogP contribution in [0.5, 0.6) is 17.5 Å². The van der Waals surface area contributed by atoms with Crippen molar-refractivity contribution in [3.05, 3.63) is 71.0 Å². The highest BCUT2D eigenvalue weighted by Crippen LogP contribution is 2.48. The lowest BCUT2D eigenvalue weighted by Crippen LogP contribution is -2.50. The summed E-state index contributed by atoms with van der Waals surface area (Å²) in [6, 6.07) is 10.9. The van der Waals surface area contributed by atoms with Gasteiger partial charge < -0.3 is 44.5 Å². The summed E-state index contributed by atoms with van der Waals surface area (Å²) in [5.74, 6) is 0.572. The Balaban J connectivity index is 1.25. The fraction of sp³-hybridized carbons (Fsp3) is 0.500. The van der Waals surface area contributed by atoms with Gasteiger partial charge in [-0.25, -0.2) is 13.2 Å². The van der Waals surface area contributed by atoms with E-state index in [-0.39, 0.29) is 80.4 Å². The molecule has 0 bridgehead atoms. The number of hydrogen-bond donors (Lipinski definition) is 3. The zero-order valence-electron chi connectivity index (χ0n) is 35.1. The Morgan fingerprint density at radius 1 is 1.02 bits per heavy atom. The summed E-state index contributed by atoms with van der Waals surface area (Å²) in [4.78, 5) is 34.9. The highest BCUT2D eigenvalue weighted by molar-refractivity contribution is 7.90. The summed E-state index contributed by atoms with van der Waals surface area (Å²) in [5.41, 5.74) is 0.271. The molecule has 2 aromatic heterocycles. The van der Waals surface area contributed by atoms with Gasteiger partial charge in [-0.3, -0.25) is 4.98 Å². The predicted octanol–water partition coefficient (Wildman–Crippen LogP) is 7.46. The molecule has 2 aliphatic heterocycles. The number of fused-ring (bicyclic) bond motifs is 1. The van der Waals surface area contributed by atoms with Crippen molar-refractivity contribution in [1.29, 1.82) is 0 Å². The third-order valence-corrected chi connectivity index (χ3v) is 12.5. The molecule has 7 rings (SSSR count). The number of hydrogen-bond acceptors (Lipinski definition) is 15. The van der Waals surface area contributed by atoms with Gasteiger partial charge in [0.1, 0.15) is 5.60 Å². The van der Waals surface area contributed by atoms with E-state index >= 15 is 0 Å². The van der Waals surface area contributed by atoms with Crippen molar-refractivity contribution in [2.75, 3.05) is 61.2 Å². The molecule has 0 spiro atoms. The number of anilines is 4. The van der Waals surface area contributed by atoms with Gasteiger partial charge in [0.2, 0.25) is 11.9 Å². The molecule has 3 aliphatic rings. The lowest BCUT2D eigenvalue weighted by Gasteiger charge is -2.35. The molecule has 4 aromatic rings. The number of amides is 1. The summed E-state index contributed by atoms with van der Waals surface area (Å²) >= 11 is 6.68. The number of sulfone groups is 1. The summed E-state index contributed by atoms with van der Waals surface area (Å²) in [7, 11) is -3.75. The van der Waals surface area contributed by atoms with Crippen LogP contribution in [-0.4, -0.2) is 102 Å². The number of alkyl halides is 2. The highest BCUT2D eigenvalue weighted by atomic mass is 35.5. The van der Waals surface area contributed by atoms with Crippen LogP contribution < -0.4 is 29.7 Å². The smallest absolute Gasteiger partial charge is 0.463 e. The molecule has 0 radical (unpaired) electrons. The van der Waals surface area contributed by atoms with Gasteiger partial charge in [-0.1, -0.05) is 30.7 Å². The normalized spacial score (nSPS) is 20.6. The number of halogens is 3. The van der Waals surface area contributed by atoms with Crippen LogP contribution in [0.15, 0.2) is 59.6 Å². The Morgan fingerprint density at radius 3 is 2.48 bits per heavy atom. The van der Waals surface area contributed by atoms with Crippen LogP contribution in [0, 0.1) is 17.8 Å². The summed E-state index contributed by atoms with van der Waals surface area (Å²) < 4.78 is 76.4. The molecule has 0 unspecified atom stereocenters. The molecule has 20 heteroatoms. The Hall–Kier alpha value is -5.27. The van der Waals surface area contributed by atoms with Crippen LogP contribution in [0.3, 0.4) is 0 Å². The molecule has 1 saturated carbocycles. The van der Waals surface area contributed by atoms with E-state index in [1.54, 1.807) is 43.9 Å². The standard InChI is InChI=1S/C42H51ClF2N8O8S/c1-25-11-12-26(23-54)13-14-27(25)24-58-39-50-37(49-38(51-39)52-18-20-53(21-19-52)40(55)61-41(2,3)4)48-32-22-28(62(5,56)57)15-16-31(32)47-34(35-30(43)9-7-17-46-35)29-8-6-10-33-36(29)60-42(44,45)59-33/h6-10,15-17,22,25-27,34,47,54H,11-14,18-21,23-24H2,1-5H3,(H,48,49,50,51)/t25-,26-,27-,34+/m1/s1. The molecule has 334 valence electrons. The molecule has 3 N–H and O–H groups in total. The van der Waals surface area contributed by atoms with Gasteiger partial charge in [-0.05, 0) is 101 Å². The second kappa shape index (κ2) is 18.2. The number of carbonyl (C=O) groups is 1. The van der Waals surface area contributed by atoms with E-state index in [9.17, 15) is 27.1 Å². The van der Waals surface area contributed by atoms with Crippen LogP contribution in [0.4, 0.5) is 36.8 Å². The number of piperazine rings is 1. The van der Waals surface area contributed by atoms with Crippen molar-refractivity contribution in [2.45, 2.75) is 76.2 Å². The number of aromatic nitrogens is 4. The van der Waals surface area contributed by atoms with E-state index in [2.05, 4.69) is 27.5 Å². The van der Waals surface area contributed by atoms with E-state index in [4.69, 9.17) is 40.5 Å². The highest BCUT2D eigenvalue weighted by Gasteiger charge is 2.45. The van der Waals surface area contributed by atoms with E-state index in [1.807, 2.05) is 4.90 Å². The van der Waals surface area contributed by atoms with Gasteiger partial charge in [0.25, 0.3) is 0 Å². The molecule has 1 aliphatic carbocycles. The number of rotatable bonds is 12. The fourth-order valence-corrected chi connectivity index (χ4v) is 8.51. The van der Waals surface area contributed by atoms with Gasteiger partial charge in [0.05, 0.1) is 39.6 Å². The third-order valence-electron chi connectivity index (χ3n) is 11.1. The number of benzene rings is 2. The monoisotopic (exact) mass is 900 g/mol. The van der Waals surface area contributed by atoms with Crippen molar-refractivity contribution >= 4 is 50.8 Å². The van der Waals surface area contributed by atoms with Crippen LogP contribution in [0.1, 0.15) is 70.7 Å². The molecule has 16 nitrogen and oxygen atoms in total. The van der Waals surface area contributed by atoms with E-state index in [0.29, 0.717) is 38.7 Å². The van der Waals surface area contributed by atoms with Crippen molar-refractivity contribution in [1.82, 2.24) is 24.8 Å². The second-order valence-corrected chi connectivity index (χ2v) is 19.3. The minimum Gasteiger partial charge on any atom is -0.463 e. The van der Waals surface area contributed by atoms with Crippen molar-refractivity contribution < 1.29 is 46.0 Å². The molecule has 1 saturated heterocycles. The number of aliphatic hydroxyl groups is 1. The Labute approximate surface area is 364 Å². The average molecular weight is 901 g/mol. The van der Waals surface area contributed by atoms with Gasteiger partial charge in [0.15, 0.2) is 21.3 Å². The number of aliphatic hydroxyl groups excluding tert-OH is 1. The summed E-state index contributed by atoms with van der Waals surface area (Å²) in [6.07, 6.45) is 1.83. The van der Waals surface area contributed by atoms with Crippen molar-refractivity contribution in [3.8, 4) is 17.5 Å². The van der Waals surface area contributed by atoms with Crippen LogP contribution in [-0.2, 0) is 14.6 Å². The van der Waals surface area contributed by atoms with Crippen molar-refractivity contribution in [2.24, 2.45) is 17.8 Å². The maximum atomic E-state index is 14.5. The quantitative estimate of drug-likeness (QED) is 0.119. The molecular weight excluding hydrogens is 850 g/mol. The number of ether oxygens (including phenoxy) is 4. The lowest BCUT2D eigenvalue weighted by atomic mass is 9.90. The number of pyridine rings is 1. The molecule has 1 amide bonds. The molecule has 62 heavy (non-hydrogen) atoms. The zero-order chi connectivity index (χ0) is 44.4. The van der Waals surface area contributed by atoms with E-state index in [1.165, 1.54) is 36.5 Å². The maximum absolute atomic E-state index is 14.5. The first-order valence-corrected chi connectivity index (χ1v) is 22.7. The second-order valence-electron chi connectivity index (χ2n) is 16.8. The molecule has 2 fully saturated rings. The predicted molar refractivity (Wildman–Crippen MR) is 227 cm³/mol. The Morgan fingerprint density at radius 2 is 1.77 bits per heavy atom.